The quantitative estimate of drug-likeness (QED) is 0.485. The van der Waals surface area contributed by atoms with Crippen LogP contribution in [-0.4, -0.2) is 5.78 Å². The Balaban J connectivity index is 2.04. The van der Waals surface area contributed by atoms with E-state index in [4.69, 9.17) is 0 Å². The molecule has 2 aliphatic carbocycles. The molecule has 0 heterocycles. The molecule has 0 spiro atoms. The molecule has 2 rings (SSSR count). The van der Waals surface area contributed by atoms with E-state index in [0.29, 0.717) is 29.0 Å². The summed E-state index contributed by atoms with van der Waals surface area (Å²) in [6.07, 6.45) is 13.0. The fourth-order valence-corrected chi connectivity index (χ4v) is 5.80. The third kappa shape index (κ3) is 4.21. The Morgan fingerprint density at radius 1 is 1.21 bits per heavy atom. The number of rotatable bonds is 6. The van der Waals surface area contributed by atoms with Crippen LogP contribution in [0.25, 0.3) is 0 Å². The number of ketones is 1. The lowest BCUT2D eigenvalue weighted by Gasteiger charge is -2.58. The Bertz CT molecular complexity index is 510. The van der Waals surface area contributed by atoms with Gasteiger partial charge in [0.1, 0.15) is 5.78 Å². The van der Waals surface area contributed by atoms with Gasteiger partial charge >= 0.3 is 0 Å². The highest BCUT2D eigenvalue weighted by molar-refractivity contribution is 5.75. The zero-order chi connectivity index (χ0) is 18.0. The lowest BCUT2D eigenvalue weighted by Crippen LogP contribution is -2.49. The van der Waals surface area contributed by atoms with Gasteiger partial charge in [0.05, 0.1) is 0 Å². The molecule has 24 heavy (non-hydrogen) atoms. The monoisotopic (exact) mass is 330 g/mol. The van der Waals surface area contributed by atoms with Gasteiger partial charge in [0.2, 0.25) is 0 Å². The molecule has 0 aromatic carbocycles. The number of allylic oxidation sites excluding steroid dienone is 3. The molecule has 0 bridgehead atoms. The summed E-state index contributed by atoms with van der Waals surface area (Å²) in [6, 6.07) is 0. The van der Waals surface area contributed by atoms with Crippen LogP contribution in [0.1, 0.15) is 92.4 Å². The van der Waals surface area contributed by atoms with Crippen molar-refractivity contribution in [2.75, 3.05) is 0 Å². The zero-order valence-electron chi connectivity index (χ0n) is 16.7. The summed E-state index contributed by atoms with van der Waals surface area (Å²) in [6.45, 7) is 15.9. The van der Waals surface area contributed by atoms with Crippen LogP contribution in [0.3, 0.4) is 0 Å². The summed E-state index contributed by atoms with van der Waals surface area (Å²) in [5.74, 6) is 1.81. The Kier molecular flexibility index (Phi) is 6.15. The van der Waals surface area contributed by atoms with Gasteiger partial charge < -0.3 is 4.79 Å². The van der Waals surface area contributed by atoms with E-state index in [1.165, 1.54) is 49.7 Å². The molecule has 3 unspecified atom stereocenters. The van der Waals surface area contributed by atoms with Crippen LogP contribution in [0.4, 0.5) is 0 Å². The smallest absolute Gasteiger partial charge is 0.130 e. The molecular formula is C23H38O. The highest BCUT2D eigenvalue weighted by Gasteiger charge is 2.52. The van der Waals surface area contributed by atoms with Gasteiger partial charge in [-0.25, -0.2) is 0 Å². The molecule has 0 radical (unpaired) electrons. The molecule has 0 amide bonds. The van der Waals surface area contributed by atoms with Crippen molar-refractivity contribution >= 4 is 5.78 Å². The predicted molar refractivity (Wildman–Crippen MR) is 104 cm³/mol. The SMILES string of the molecule is C=C1CCC2C(C)(C)CCCC2(C)C1CCC(C)=CCCC(C)=O. The summed E-state index contributed by atoms with van der Waals surface area (Å²) < 4.78 is 0. The predicted octanol–water partition coefficient (Wildman–Crippen LogP) is 6.88. The maximum Gasteiger partial charge on any atom is 0.130 e. The molecular weight excluding hydrogens is 292 g/mol. The van der Waals surface area contributed by atoms with Crippen molar-refractivity contribution in [2.24, 2.45) is 22.7 Å². The first-order valence-electron chi connectivity index (χ1n) is 9.99. The maximum absolute atomic E-state index is 11.1. The normalized spacial score (nSPS) is 33.2. The molecule has 0 saturated heterocycles. The summed E-state index contributed by atoms with van der Waals surface area (Å²) >= 11 is 0. The first-order valence-corrected chi connectivity index (χ1v) is 9.99. The van der Waals surface area contributed by atoms with Crippen molar-refractivity contribution in [1.82, 2.24) is 0 Å². The lowest BCUT2D eigenvalue weighted by atomic mass is 9.47. The minimum absolute atomic E-state index is 0.291. The Hall–Kier alpha value is -0.850. The molecule has 0 aliphatic heterocycles. The summed E-state index contributed by atoms with van der Waals surface area (Å²) in [4.78, 5) is 11.1. The second kappa shape index (κ2) is 7.58. The molecule has 0 aromatic rings. The highest BCUT2D eigenvalue weighted by atomic mass is 16.1. The molecule has 2 saturated carbocycles. The molecule has 1 heteroatoms. The van der Waals surface area contributed by atoms with Crippen LogP contribution in [0.15, 0.2) is 23.8 Å². The van der Waals surface area contributed by atoms with Gasteiger partial charge in [0.25, 0.3) is 0 Å². The van der Waals surface area contributed by atoms with Crippen molar-refractivity contribution in [2.45, 2.75) is 92.4 Å². The number of carbonyl (C=O) groups excluding carboxylic acids is 1. The van der Waals surface area contributed by atoms with Crippen molar-refractivity contribution in [3.63, 3.8) is 0 Å². The number of carbonyl (C=O) groups is 1. The molecule has 0 N–H and O–H groups in total. The van der Waals surface area contributed by atoms with Crippen LogP contribution < -0.4 is 0 Å². The average Bonchev–Trinajstić information content (AvgIpc) is 2.45. The molecule has 2 fully saturated rings. The number of hydrogen-bond donors (Lipinski definition) is 0. The van der Waals surface area contributed by atoms with E-state index in [1.807, 2.05) is 0 Å². The van der Waals surface area contributed by atoms with Gasteiger partial charge in [-0.1, -0.05) is 51.0 Å². The number of Topliss-reactive ketones (excluding diaryl/α,β-unsaturated/α-hetero) is 1. The van der Waals surface area contributed by atoms with Crippen LogP contribution in [0.5, 0.6) is 0 Å². The Morgan fingerprint density at radius 2 is 1.92 bits per heavy atom. The van der Waals surface area contributed by atoms with E-state index >= 15 is 0 Å². The molecule has 1 nitrogen and oxygen atoms in total. The fourth-order valence-electron chi connectivity index (χ4n) is 5.80. The first-order chi connectivity index (χ1) is 11.2. The van der Waals surface area contributed by atoms with Gasteiger partial charge in [-0.05, 0) is 81.5 Å². The fraction of sp³-hybridized carbons (Fsp3) is 0.783. The summed E-state index contributed by atoms with van der Waals surface area (Å²) in [5, 5.41) is 0. The first kappa shape index (κ1) is 19.5. The largest absolute Gasteiger partial charge is 0.300 e. The van der Waals surface area contributed by atoms with E-state index in [-0.39, 0.29) is 0 Å². The number of hydrogen-bond acceptors (Lipinski definition) is 1. The van der Waals surface area contributed by atoms with E-state index in [1.54, 1.807) is 6.92 Å². The maximum atomic E-state index is 11.1. The van der Waals surface area contributed by atoms with Crippen LogP contribution >= 0.6 is 0 Å². The molecule has 0 aromatic heterocycles. The summed E-state index contributed by atoms with van der Waals surface area (Å²) in [7, 11) is 0. The minimum Gasteiger partial charge on any atom is -0.300 e. The highest BCUT2D eigenvalue weighted by Crippen LogP contribution is 2.61. The van der Waals surface area contributed by atoms with Gasteiger partial charge in [0, 0.05) is 6.42 Å². The van der Waals surface area contributed by atoms with E-state index in [0.717, 1.165) is 18.8 Å². The zero-order valence-corrected chi connectivity index (χ0v) is 16.7. The van der Waals surface area contributed by atoms with Gasteiger partial charge in [-0.15, -0.1) is 0 Å². The van der Waals surface area contributed by atoms with Gasteiger partial charge in [0.15, 0.2) is 0 Å². The van der Waals surface area contributed by atoms with Crippen molar-refractivity contribution in [3.05, 3.63) is 23.8 Å². The molecule has 3 atom stereocenters. The van der Waals surface area contributed by atoms with E-state index < -0.39 is 0 Å². The van der Waals surface area contributed by atoms with Crippen LogP contribution in [-0.2, 0) is 4.79 Å². The van der Waals surface area contributed by atoms with Crippen LogP contribution in [0.2, 0.25) is 0 Å². The minimum atomic E-state index is 0.291. The van der Waals surface area contributed by atoms with Crippen molar-refractivity contribution < 1.29 is 4.79 Å². The second-order valence-electron chi connectivity index (χ2n) is 9.48. The van der Waals surface area contributed by atoms with Gasteiger partial charge in [-0.3, -0.25) is 0 Å². The third-order valence-electron chi connectivity index (χ3n) is 7.14. The second-order valence-corrected chi connectivity index (χ2v) is 9.48. The van der Waals surface area contributed by atoms with Crippen molar-refractivity contribution in [1.29, 1.82) is 0 Å². The van der Waals surface area contributed by atoms with E-state index in [9.17, 15) is 4.79 Å². The molecule has 136 valence electrons. The topological polar surface area (TPSA) is 17.1 Å². The standard InChI is InChI=1S/C23H38O/c1-17(9-7-10-19(3)24)11-13-20-18(2)12-14-21-22(4,5)15-8-16-23(20,21)6/h9,20-21H,2,7-8,10-16H2,1,3-6H3. The van der Waals surface area contributed by atoms with E-state index in [2.05, 4.69) is 40.3 Å². The lowest BCUT2D eigenvalue weighted by molar-refractivity contribution is -0.116. The van der Waals surface area contributed by atoms with Crippen LogP contribution in [0, 0.1) is 22.7 Å². The van der Waals surface area contributed by atoms with Crippen molar-refractivity contribution in [3.8, 4) is 0 Å². The summed E-state index contributed by atoms with van der Waals surface area (Å²) in [5.41, 5.74) is 3.88. The average molecular weight is 331 g/mol. The van der Waals surface area contributed by atoms with Gasteiger partial charge in [-0.2, -0.15) is 0 Å². The molecule has 2 aliphatic rings. The Labute approximate surface area is 150 Å². The number of fused-ring (bicyclic) bond motifs is 1. The Morgan fingerprint density at radius 3 is 2.58 bits per heavy atom. The third-order valence-corrected chi connectivity index (χ3v) is 7.14.